The number of hydrogen-bond donors (Lipinski definition) is 2. The summed E-state index contributed by atoms with van der Waals surface area (Å²) in [5.41, 5.74) is 9.57. The molecule has 0 radical (unpaired) electrons. The molecule has 3 aromatic rings. The fourth-order valence-corrected chi connectivity index (χ4v) is 3.08. The zero-order valence-corrected chi connectivity index (χ0v) is 12.6. The molecule has 0 bridgehead atoms. The lowest BCUT2D eigenvalue weighted by atomic mass is 10.1. The van der Waals surface area contributed by atoms with Crippen LogP contribution in [-0.4, -0.2) is 10.9 Å². The van der Waals surface area contributed by atoms with Gasteiger partial charge in [0.25, 0.3) is 5.91 Å². The highest BCUT2D eigenvalue weighted by Crippen LogP contribution is 2.25. The van der Waals surface area contributed by atoms with E-state index >= 15 is 0 Å². The van der Waals surface area contributed by atoms with E-state index in [1.807, 2.05) is 32.0 Å². The largest absolute Gasteiger partial charge is 0.398 e. The van der Waals surface area contributed by atoms with Gasteiger partial charge in [0.05, 0.1) is 15.2 Å². The van der Waals surface area contributed by atoms with Gasteiger partial charge in [-0.05, 0) is 49.7 Å². The molecule has 1 aromatic heterocycles. The van der Waals surface area contributed by atoms with E-state index in [1.165, 1.54) is 0 Å². The third-order valence-corrected chi connectivity index (χ3v) is 4.31. The summed E-state index contributed by atoms with van der Waals surface area (Å²) in [6, 6.07) is 11.1. The first-order valence-corrected chi connectivity index (χ1v) is 7.40. The maximum Gasteiger partial charge on any atom is 0.256 e. The van der Waals surface area contributed by atoms with Gasteiger partial charge in [-0.3, -0.25) is 4.79 Å². The molecule has 0 aliphatic heterocycles. The van der Waals surface area contributed by atoms with E-state index in [0.717, 1.165) is 26.5 Å². The van der Waals surface area contributed by atoms with Crippen LogP contribution in [0.5, 0.6) is 0 Å². The van der Waals surface area contributed by atoms with Crippen molar-refractivity contribution in [2.45, 2.75) is 13.8 Å². The minimum atomic E-state index is -0.152. The van der Waals surface area contributed by atoms with Crippen molar-refractivity contribution in [3.05, 3.63) is 52.5 Å². The topological polar surface area (TPSA) is 68.0 Å². The molecule has 0 spiro atoms. The standard InChI is InChI=1S/C16H15N3OS/c1-9-12(4-3-5-13(9)17)16(20)19-11-6-7-14-15(8-11)21-10(2)18-14/h3-8H,17H2,1-2H3,(H,19,20). The van der Waals surface area contributed by atoms with Crippen LogP contribution in [0, 0.1) is 13.8 Å². The monoisotopic (exact) mass is 297 g/mol. The van der Waals surface area contributed by atoms with Crippen LogP contribution in [0.25, 0.3) is 10.2 Å². The number of nitrogens with one attached hydrogen (secondary N) is 1. The molecule has 106 valence electrons. The molecule has 1 heterocycles. The zero-order chi connectivity index (χ0) is 15.0. The van der Waals surface area contributed by atoms with E-state index in [1.54, 1.807) is 29.5 Å². The van der Waals surface area contributed by atoms with Crippen molar-refractivity contribution in [3.63, 3.8) is 0 Å². The predicted octanol–water partition coefficient (Wildman–Crippen LogP) is 3.75. The quantitative estimate of drug-likeness (QED) is 0.708. The second-order valence-electron chi connectivity index (χ2n) is 4.89. The van der Waals surface area contributed by atoms with Crippen molar-refractivity contribution in [3.8, 4) is 0 Å². The molecule has 0 unspecified atom stereocenters. The molecule has 21 heavy (non-hydrogen) atoms. The number of benzene rings is 2. The SMILES string of the molecule is Cc1nc2ccc(NC(=O)c3cccc(N)c3C)cc2s1. The number of carbonyl (C=O) groups is 1. The highest BCUT2D eigenvalue weighted by molar-refractivity contribution is 7.18. The molecule has 0 atom stereocenters. The van der Waals surface area contributed by atoms with Gasteiger partial charge in [-0.2, -0.15) is 0 Å². The minimum absolute atomic E-state index is 0.152. The van der Waals surface area contributed by atoms with E-state index in [0.29, 0.717) is 11.3 Å². The van der Waals surface area contributed by atoms with Crippen LogP contribution in [-0.2, 0) is 0 Å². The van der Waals surface area contributed by atoms with E-state index in [2.05, 4.69) is 10.3 Å². The first kappa shape index (κ1) is 13.6. The number of fused-ring (bicyclic) bond motifs is 1. The maximum absolute atomic E-state index is 12.3. The first-order chi connectivity index (χ1) is 10.0. The molecule has 0 saturated heterocycles. The normalized spacial score (nSPS) is 10.8. The lowest BCUT2D eigenvalue weighted by Gasteiger charge is -2.09. The summed E-state index contributed by atoms with van der Waals surface area (Å²) in [4.78, 5) is 16.8. The van der Waals surface area contributed by atoms with Gasteiger partial charge in [-0.15, -0.1) is 11.3 Å². The smallest absolute Gasteiger partial charge is 0.256 e. The highest BCUT2D eigenvalue weighted by atomic mass is 32.1. The van der Waals surface area contributed by atoms with Gasteiger partial charge >= 0.3 is 0 Å². The third kappa shape index (κ3) is 2.60. The van der Waals surface area contributed by atoms with Crippen LogP contribution in [0.3, 0.4) is 0 Å². The lowest BCUT2D eigenvalue weighted by Crippen LogP contribution is -2.14. The van der Waals surface area contributed by atoms with Crippen LogP contribution < -0.4 is 11.1 Å². The highest BCUT2D eigenvalue weighted by Gasteiger charge is 2.11. The van der Waals surface area contributed by atoms with Crippen molar-refractivity contribution in [2.24, 2.45) is 0 Å². The fourth-order valence-electron chi connectivity index (χ4n) is 2.22. The van der Waals surface area contributed by atoms with Crippen molar-refractivity contribution in [1.29, 1.82) is 0 Å². The zero-order valence-electron chi connectivity index (χ0n) is 11.8. The summed E-state index contributed by atoms with van der Waals surface area (Å²) < 4.78 is 1.06. The lowest BCUT2D eigenvalue weighted by molar-refractivity contribution is 0.102. The summed E-state index contributed by atoms with van der Waals surface area (Å²) in [5.74, 6) is -0.152. The molecule has 0 aliphatic carbocycles. The van der Waals surface area contributed by atoms with Gasteiger partial charge in [-0.25, -0.2) is 4.98 Å². The van der Waals surface area contributed by atoms with Crippen LogP contribution in [0.15, 0.2) is 36.4 Å². The predicted molar refractivity (Wildman–Crippen MR) is 87.9 cm³/mol. The van der Waals surface area contributed by atoms with Crippen molar-refractivity contribution < 1.29 is 4.79 Å². The Hall–Kier alpha value is -2.40. The summed E-state index contributed by atoms with van der Waals surface area (Å²) in [7, 11) is 0. The minimum Gasteiger partial charge on any atom is -0.398 e. The Kier molecular flexibility index (Phi) is 3.35. The number of aryl methyl sites for hydroxylation is 1. The van der Waals surface area contributed by atoms with Crippen LogP contribution in [0.4, 0.5) is 11.4 Å². The molecule has 2 aromatic carbocycles. The number of aromatic nitrogens is 1. The Morgan fingerprint density at radius 3 is 2.86 bits per heavy atom. The molecule has 4 nitrogen and oxygen atoms in total. The number of nitrogen functional groups attached to an aromatic ring is 1. The molecule has 5 heteroatoms. The average molecular weight is 297 g/mol. The number of thiazole rings is 1. The molecule has 3 rings (SSSR count). The Balaban J connectivity index is 1.90. The Morgan fingerprint density at radius 2 is 2.05 bits per heavy atom. The van der Waals surface area contributed by atoms with Gasteiger partial charge in [0, 0.05) is 16.9 Å². The van der Waals surface area contributed by atoms with Gasteiger partial charge in [0.2, 0.25) is 0 Å². The summed E-state index contributed by atoms with van der Waals surface area (Å²) in [5, 5.41) is 3.93. The Labute approximate surface area is 126 Å². The number of rotatable bonds is 2. The van der Waals surface area contributed by atoms with E-state index in [9.17, 15) is 4.79 Å². The maximum atomic E-state index is 12.3. The summed E-state index contributed by atoms with van der Waals surface area (Å²) >= 11 is 1.61. The summed E-state index contributed by atoms with van der Waals surface area (Å²) in [6.45, 7) is 3.82. The number of hydrogen-bond acceptors (Lipinski definition) is 4. The van der Waals surface area contributed by atoms with Crippen molar-refractivity contribution in [2.75, 3.05) is 11.1 Å². The van der Waals surface area contributed by atoms with Crippen LogP contribution in [0.2, 0.25) is 0 Å². The molecular formula is C16H15N3OS. The second-order valence-corrected chi connectivity index (χ2v) is 6.12. The molecule has 1 amide bonds. The first-order valence-electron chi connectivity index (χ1n) is 6.58. The Morgan fingerprint density at radius 1 is 1.24 bits per heavy atom. The fraction of sp³-hybridized carbons (Fsp3) is 0.125. The van der Waals surface area contributed by atoms with Gasteiger partial charge in [0.15, 0.2) is 0 Å². The Bertz CT molecular complexity index is 839. The number of nitrogens with zero attached hydrogens (tertiary/aromatic N) is 1. The van der Waals surface area contributed by atoms with Gasteiger partial charge in [-0.1, -0.05) is 6.07 Å². The number of carbonyl (C=O) groups excluding carboxylic acids is 1. The van der Waals surface area contributed by atoms with Crippen molar-refractivity contribution >= 4 is 38.8 Å². The number of anilines is 2. The van der Waals surface area contributed by atoms with Gasteiger partial charge < -0.3 is 11.1 Å². The van der Waals surface area contributed by atoms with Gasteiger partial charge in [0.1, 0.15) is 0 Å². The average Bonchev–Trinajstić information content (AvgIpc) is 2.81. The molecule has 0 aliphatic rings. The molecular weight excluding hydrogens is 282 g/mol. The van der Waals surface area contributed by atoms with Crippen molar-refractivity contribution in [1.82, 2.24) is 4.98 Å². The molecule has 3 N–H and O–H groups in total. The second kappa shape index (κ2) is 5.18. The van der Waals surface area contributed by atoms with E-state index in [4.69, 9.17) is 5.73 Å². The molecule has 0 fully saturated rings. The third-order valence-electron chi connectivity index (χ3n) is 3.37. The van der Waals surface area contributed by atoms with Crippen LogP contribution in [0.1, 0.15) is 20.9 Å². The molecule has 0 saturated carbocycles. The van der Waals surface area contributed by atoms with E-state index < -0.39 is 0 Å². The number of nitrogens with two attached hydrogens (primary N) is 1. The number of amides is 1. The summed E-state index contributed by atoms with van der Waals surface area (Å²) in [6.07, 6.45) is 0. The van der Waals surface area contributed by atoms with E-state index in [-0.39, 0.29) is 5.91 Å². The van der Waals surface area contributed by atoms with Crippen LogP contribution >= 0.6 is 11.3 Å².